The molecule has 2 N–H and O–H groups in total. The Balaban J connectivity index is 1.78. The van der Waals surface area contributed by atoms with Gasteiger partial charge in [0.2, 0.25) is 5.91 Å². The molecule has 1 atom stereocenters. The number of carbonyl (C=O) groups is 1. The number of nitrogens with zero attached hydrogens (tertiary/aromatic N) is 1. The maximum absolute atomic E-state index is 12.0. The van der Waals surface area contributed by atoms with Crippen molar-refractivity contribution >= 4 is 11.6 Å². The fourth-order valence-electron chi connectivity index (χ4n) is 2.49. The van der Waals surface area contributed by atoms with Crippen LogP contribution in [0, 0.1) is 0 Å². The molecule has 1 fully saturated rings. The van der Waals surface area contributed by atoms with Gasteiger partial charge in [0.1, 0.15) is 5.75 Å². The van der Waals surface area contributed by atoms with E-state index in [9.17, 15) is 4.79 Å². The molecule has 0 aliphatic carbocycles. The van der Waals surface area contributed by atoms with Crippen LogP contribution in [-0.4, -0.2) is 50.6 Å². The molecule has 1 aromatic rings. The predicted octanol–water partition coefficient (Wildman–Crippen LogP) is 1.32. The number of anilines is 1. The summed E-state index contributed by atoms with van der Waals surface area (Å²) in [5, 5.41) is 6.18. The Bertz CT molecular complexity index is 450. The van der Waals surface area contributed by atoms with Gasteiger partial charge < -0.3 is 20.3 Å². The SMILES string of the molecule is CNC1CCN(CCC(=O)Nc2ccccc2OC)C1. The second-order valence-corrected chi connectivity index (χ2v) is 5.07. The molecule has 0 aromatic heterocycles. The van der Waals surface area contributed by atoms with Crippen molar-refractivity contribution in [1.29, 1.82) is 0 Å². The van der Waals surface area contributed by atoms with Gasteiger partial charge in [-0.15, -0.1) is 0 Å². The van der Waals surface area contributed by atoms with Gasteiger partial charge in [-0.3, -0.25) is 4.79 Å². The maximum Gasteiger partial charge on any atom is 0.225 e. The molecule has 0 spiro atoms. The molecule has 1 aliphatic rings. The standard InChI is InChI=1S/C15H23N3O2/c1-16-12-7-9-18(11-12)10-8-15(19)17-13-5-3-4-6-14(13)20-2/h3-6,12,16H,7-11H2,1-2H3,(H,17,19). The third-order valence-corrected chi connectivity index (χ3v) is 3.72. The average molecular weight is 277 g/mol. The normalized spacial score (nSPS) is 19.0. The largest absolute Gasteiger partial charge is 0.495 e. The van der Waals surface area contributed by atoms with Crippen LogP contribution in [0.2, 0.25) is 0 Å². The summed E-state index contributed by atoms with van der Waals surface area (Å²) in [5.74, 6) is 0.722. The van der Waals surface area contributed by atoms with E-state index in [1.165, 1.54) is 0 Å². The molecule has 110 valence electrons. The zero-order valence-corrected chi connectivity index (χ0v) is 12.2. The molecule has 5 heteroatoms. The molecule has 0 saturated carbocycles. The number of likely N-dealkylation sites (tertiary alicyclic amines) is 1. The van der Waals surface area contributed by atoms with Crippen LogP contribution in [0.25, 0.3) is 0 Å². The highest BCUT2D eigenvalue weighted by atomic mass is 16.5. The van der Waals surface area contributed by atoms with E-state index in [2.05, 4.69) is 15.5 Å². The van der Waals surface area contributed by atoms with E-state index in [0.29, 0.717) is 18.2 Å². The summed E-state index contributed by atoms with van der Waals surface area (Å²) >= 11 is 0. The van der Waals surface area contributed by atoms with Crippen LogP contribution in [0.1, 0.15) is 12.8 Å². The van der Waals surface area contributed by atoms with Gasteiger partial charge in [0.05, 0.1) is 12.8 Å². The second-order valence-electron chi connectivity index (χ2n) is 5.07. The number of hydrogen-bond donors (Lipinski definition) is 2. The molecular formula is C15H23N3O2. The molecule has 1 amide bonds. The average Bonchev–Trinajstić information content (AvgIpc) is 2.94. The Hall–Kier alpha value is -1.59. The molecule has 1 heterocycles. The van der Waals surface area contributed by atoms with Gasteiger partial charge in [0.15, 0.2) is 0 Å². The number of para-hydroxylation sites is 2. The Labute approximate surface area is 120 Å². The van der Waals surface area contributed by atoms with E-state index >= 15 is 0 Å². The summed E-state index contributed by atoms with van der Waals surface area (Å²) in [4.78, 5) is 14.3. The van der Waals surface area contributed by atoms with Crippen LogP contribution in [0.4, 0.5) is 5.69 Å². The summed E-state index contributed by atoms with van der Waals surface area (Å²) in [5.41, 5.74) is 0.731. The van der Waals surface area contributed by atoms with Crippen molar-refractivity contribution < 1.29 is 9.53 Å². The number of hydrogen-bond acceptors (Lipinski definition) is 4. The van der Waals surface area contributed by atoms with Gasteiger partial charge in [-0.25, -0.2) is 0 Å². The van der Waals surface area contributed by atoms with E-state index in [1.807, 2.05) is 31.3 Å². The van der Waals surface area contributed by atoms with E-state index < -0.39 is 0 Å². The highest BCUT2D eigenvalue weighted by Crippen LogP contribution is 2.23. The van der Waals surface area contributed by atoms with Crippen molar-refractivity contribution in [3.8, 4) is 5.75 Å². The molecule has 2 rings (SSSR count). The first kappa shape index (κ1) is 14.8. The van der Waals surface area contributed by atoms with Crippen LogP contribution in [0.3, 0.4) is 0 Å². The second kappa shape index (κ2) is 7.26. The van der Waals surface area contributed by atoms with Crippen LogP contribution < -0.4 is 15.4 Å². The Kier molecular flexibility index (Phi) is 5.38. The lowest BCUT2D eigenvalue weighted by molar-refractivity contribution is -0.116. The quantitative estimate of drug-likeness (QED) is 0.823. The fraction of sp³-hybridized carbons (Fsp3) is 0.533. The molecule has 5 nitrogen and oxygen atoms in total. The number of carbonyl (C=O) groups excluding carboxylic acids is 1. The Morgan fingerprint density at radius 3 is 2.95 bits per heavy atom. The first-order valence-electron chi connectivity index (χ1n) is 7.05. The Morgan fingerprint density at radius 1 is 1.45 bits per heavy atom. The maximum atomic E-state index is 12.0. The third-order valence-electron chi connectivity index (χ3n) is 3.72. The van der Waals surface area contributed by atoms with E-state index in [0.717, 1.165) is 31.7 Å². The van der Waals surface area contributed by atoms with Gasteiger partial charge in [0, 0.05) is 25.6 Å². The number of methoxy groups -OCH3 is 1. The van der Waals surface area contributed by atoms with Gasteiger partial charge >= 0.3 is 0 Å². The van der Waals surface area contributed by atoms with Gasteiger partial charge in [-0.1, -0.05) is 12.1 Å². The molecular weight excluding hydrogens is 254 g/mol. The van der Waals surface area contributed by atoms with E-state index in [1.54, 1.807) is 7.11 Å². The lowest BCUT2D eigenvalue weighted by Crippen LogP contribution is -2.31. The topological polar surface area (TPSA) is 53.6 Å². The van der Waals surface area contributed by atoms with Crippen molar-refractivity contribution in [3.05, 3.63) is 24.3 Å². The summed E-state index contributed by atoms with van der Waals surface area (Å²) in [7, 11) is 3.59. The molecule has 1 saturated heterocycles. The van der Waals surface area contributed by atoms with Crippen molar-refractivity contribution in [3.63, 3.8) is 0 Å². The van der Waals surface area contributed by atoms with Crippen LogP contribution in [-0.2, 0) is 4.79 Å². The number of ether oxygens (including phenoxy) is 1. The summed E-state index contributed by atoms with van der Waals surface area (Å²) in [6, 6.07) is 8.02. The van der Waals surface area contributed by atoms with E-state index in [4.69, 9.17) is 4.74 Å². The zero-order chi connectivity index (χ0) is 14.4. The highest BCUT2D eigenvalue weighted by molar-refractivity contribution is 5.92. The third kappa shape index (κ3) is 3.95. The number of likely N-dealkylation sites (N-methyl/N-ethyl adjacent to an activating group) is 1. The molecule has 1 aliphatic heterocycles. The number of rotatable bonds is 6. The number of amides is 1. The van der Waals surface area contributed by atoms with Crippen LogP contribution in [0.15, 0.2) is 24.3 Å². The molecule has 20 heavy (non-hydrogen) atoms. The summed E-state index contributed by atoms with van der Waals surface area (Å²) in [6.45, 7) is 2.89. The summed E-state index contributed by atoms with van der Waals surface area (Å²) in [6.07, 6.45) is 1.67. The highest BCUT2D eigenvalue weighted by Gasteiger charge is 2.21. The van der Waals surface area contributed by atoms with Crippen molar-refractivity contribution in [2.24, 2.45) is 0 Å². The van der Waals surface area contributed by atoms with Gasteiger partial charge in [-0.2, -0.15) is 0 Å². The molecule has 1 unspecified atom stereocenters. The lowest BCUT2D eigenvalue weighted by atomic mass is 10.2. The fourth-order valence-corrected chi connectivity index (χ4v) is 2.49. The lowest BCUT2D eigenvalue weighted by Gasteiger charge is -2.16. The summed E-state index contributed by atoms with van der Waals surface area (Å²) < 4.78 is 5.22. The van der Waals surface area contributed by atoms with Gasteiger partial charge in [-0.05, 0) is 32.1 Å². The van der Waals surface area contributed by atoms with Crippen molar-refractivity contribution in [2.75, 3.05) is 39.1 Å². The van der Waals surface area contributed by atoms with Crippen LogP contribution >= 0.6 is 0 Å². The van der Waals surface area contributed by atoms with Crippen molar-refractivity contribution in [2.45, 2.75) is 18.9 Å². The van der Waals surface area contributed by atoms with Crippen molar-refractivity contribution in [1.82, 2.24) is 10.2 Å². The minimum absolute atomic E-state index is 0.0300. The van der Waals surface area contributed by atoms with E-state index in [-0.39, 0.29) is 5.91 Å². The first-order chi connectivity index (χ1) is 9.72. The molecule has 1 aromatic carbocycles. The number of nitrogens with one attached hydrogen (secondary N) is 2. The molecule has 0 bridgehead atoms. The van der Waals surface area contributed by atoms with Gasteiger partial charge in [0.25, 0.3) is 0 Å². The first-order valence-corrected chi connectivity index (χ1v) is 7.05. The number of benzene rings is 1. The predicted molar refractivity (Wildman–Crippen MR) is 80.1 cm³/mol. The zero-order valence-electron chi connectivity index (χ0n) is 12.2. The smallest absolute Gasteiger partial charge is 0.225 e. The van der Waals surface area contributed by atoms with Crippen LogP contribution in [0.5, 0.6) is 5.75 Å². The Morgan fingerprint density at radius 2 is 2.25 bits per heavy atom. The minimum Gasteiger partial charge on any atom is -0.495 e. The monoisotopic (exact) mass is 277 g/mol. The minimum atomic E-state index is 0.0300. The molecule has 0 radical (unpaired) electrons.